The van der Waals surface area contributed by atoms with E-state index in [1.54, 1.807) is 18.2 Å². The number of ether oxygens (including phenoxy) is 1. The normalized spacial score (nSPS) is 21.8. The molecule has 0 bridgehead atoms. The largest absolute Gasteiger partial charge is 0.456 e. The number of halogens is 1. The van der Waals surface area contributed by atoms with E-state index in [1.165, 1.54) is 4.90 Å². The summed E-state index contributed by atoms with van der Waals surface area (Å²) >= 11 is 6.35. The van der Waals surface area contributed by atoms with Gasteiger partial charge in [0.1, 0.15) is 11.5 Å². The number of imide groups is 1. The van der Waals surface area contributed by atoms with Crippen LogP contribution in [0.3, 0.4) is 0 Å². The first-order valence-electron chi connectivity index (χ1n) is 8.61. The predicted molar refractivity (Wildman–Crippen MR) is 101 cm³/mol. The third-order valence-corrected chi connectivity index (χ3v) is 5.23. The lowest BCUT2D eigenvalue weighted by Crippen LogP contribution is -2.30. The summed E-state index contributed by atoms with van der Waals surface area (Å²) in [5, 5.41) is 0.358. The lowest BCUT2D eigenvalue weighted by atomic mass is 9.85. The molecule has 2 aromatic carbocycles. The van der Waals surface area contributed by atoms with Crippen molar-refractivity contribution in [3.8, 4) is 11.5 Å². The summed E-state index contributed by atoms with van der Waals surface area (Å²) in [5.41, 5.74) is 1.64. The SMILES string of the molecule is Cc1ccc(Oc2ccc(N3C(=O)C4CC=CCC4C3=O)cc2Cl)cc1. The number of rotatable bonds is 3. The molecule has 0 saturated carbocycles. The average Bonchev–Trinajstić information content (AvgIpc) is 2.90. The van der Waals surface area contributed by atoms with Crippen LogP contribution in [0.1, 0.15) is 18.4 Å². The molecule has 0 aromatic heterocycles. The molecule has 1 aliphatic carbocycles. The third-order valence-electron chi connectivity index (χ3n) is 4.93. The molecule has 1 heterocycles. The molecule has 4 rings (SSSR count). The van der Waals surface area contributed by atoms with Gasteiger partial charge in [-0.15, -0.1) is 0 Å². The number of carbonyl (C=O) groups is 2. The minimum Gasteiger partial charge on any atom is -0.456 e. The van der Waals surface area contributed by atoms with Crippen LogP contribution in [-0.4, -0.2) is 11.8 Å². The zero-order valence-corrected chi connectivity index (χ0v) is 15.1. The van der Waals surface area contributed by atoms with Gasteiger partial charge in [0.25, 0.3) is 0 Å². The number of fused-ring (bicyclic) bond motifs is 1. The van der Waals surface area contributed by atoms with Crippen LogP contribution in [0.5, 0.6) is 11.5 Å². The number of amides is 2. The second-order valence-corrected chi connectivity index (χ2v) is 7.10. The summed E-state index contributed by atoms with van der Waals surface area (Å²) in [5.74, 6) is 0.359. The van der Waals surface area contributed by atoms with Crippen LogP contribution in [0.25, 0.3) is 0 Å². The Morgan fingerprint density at radius 3 is 2.15 bits per heavy atom. The van der Waals surface area contributed by atoms with Crippen LogP contribution in [0, 0.1) is 18.8 Å². The predicted octanol–water partition coefficient (Wildman–Crippen LogP) is 4.90. The Morgan fingerprint density at radius 2 is 1.58 bits per heavy atom. The number of hydrogen-bond donors (Lipinski definition) is 0. The summed E-state index contributed by atoms with van der Waals surface area (Å²) in [4.78, 5) is 26.6. The van der Waals surface area contributed by atoms with Gasteiger partial charge in [-0.1, -0.05) is 41.4 Å². The Balaban J connectivity index is 1.59. The highest BCUT2D eigenvalue weighted by Gasteiger charge is 2.47. The first-order chi connectivity index (χ1) is 12.5. The number of carbonyl (C=O) groups excluding carboxylic acids is 2. The van der Waals surface area contributed by atoms with Gasteiger partial charge in [-0.2, -0.15) is 0 Å². The lowest BCUT2D eigenvalue weighted by molar-refractivity contribution is -0.122. The molecule has 1 fully saturated rings. The maximum absolute atomic E-state index is 12.7. The van der Waals surface area contributed by atoms with Gasteiger partial charge in [-0.05, 0) is 50.1 Å². The molecule has 2 unspecified atom stereocenters. The molecule has 132 valence electrons. The number of nitrogens with zero attached hydrogens (tertiary/aromatic N) is 1. The Labute approximate surface area is 157 Å². The molecule has 5 heteroatoms. The smallest absolute Gasteiger partial charge is 0.238 e. The van der Waals surface area contributed by atoms with Gasteiger partial charge in [0.05, 0.1) is 22.5 Å². The van der Waals surface area contributed by atoms with Gasteiger partial charge in [0.2, 0.25) is 11.8 Å². The molecule has 2 aliphatic rings. The van der Waals surface area contributed by atoms with Crippen molar-refractivity contribution in [2.75, 3.05) is 4.90 Å². The van der Waals surface area contributed by atoms with Crippen molar-refractivity contribution in [3.05, 3.63) is 65.2 Å². The second-order valence-electron chi connectivity index (χ2n) is 6.70. The number of allylic oxidation sites excluding steroid dienone is 2. The van der Waals surface area contributed by atoms with E-state index < -0.39 is 0 Å². The minimum absolute atomic E-state index is 0.146. The van der Waals surface area contributed by atoms with Gasteiger partial charge >= 0.3 is 0 Å². The summed E-state index contributed by atoms with van der Waals surface area (Å²) in [7, 11) is 0. The molecular formula is C21H18ClNO3. The maximum Gasteiger partial charge on any atom is 0.238 e. The molecule has 1 aliphatic heterocycles. The first kappa shape index (κ1) is 16.9. The topological polar surface area (TPSA) is 46.6 Å². The van der Waals surface area contributed by atoms with E-state index in [0.29, 0.717) is 35.1 Å². The molecule has 0 N–H and O–H groups in total. The van der Waals surface area contributed by atoms with Gasteiger partial charge in [-0.3, -0.25) is 9.59 Å². The van der Waals surface area contributed by atoms with Crippen molar-refractivity contribution < 1.29 is 14.3 Å². The highest BCUT2D eigenvalue weighted by atomic mass is 35.5. The van der Waals surface area contributed by atoms with E-state index in [4.69, 9.17) is 16.3 Å². The van der Waals surface area contributed by atoms with E-state index in [0.717, 1.165) is 5.56 Å². The summed E-state index contributed by atoms with van der Waals surface area (Å²) in [6.07, 6.45) is 5.19. The van der Waals surface area contributed by atoms with Crippen LogP contribution in [0.4, 0.5) is 5.69 Å². The van der Waals surface area contributed by atoms with Crippen molar-refractivity contribution in [3.63, 3.8) is 0 Å². The fraction of sp³-hybridized carbons (Fsp3) is 0.238. The molecule has 1 saturated heterocycles. The van der Waals surface area contributed by atoms with E-state index in [1.807, 2.05) is 43.3 Å². The Morgan fingerprint density at radius 1 is 0.962 bits per heavy atom. The zero-order valence-electron chi connectivity index (χ0n) is 14.3. The highest BCUT2D eigenvalue weighted by Crippen LogP contribution is 2.40. The quantitative estimate of drug-likeness (QED) is 0.572. The summed E-state index contributed by atoms with van der Waals surface area (Å²) in [6.45, 7) is 2.00. The Hall–Kier alpha value is -2.59. The molecule has 0 radical (unpaired) electrons. The van der Waals surface area contributed by atoms with E-state index in [2.05, 4.69) is 0 Å². The van der Waals surface area contributed by atoms with E-state index in [-0.39, 0.29) is 23.7 Å². The van der Waals surface area contributed by atoms with Crippen molar-refractivity contribution in [1.29, 1.82) is 0 Å². The summed E-state index contributed by atoms with van der Waals surface area (Å²) in [6, 6.07) is 12.7. The Kier molecular flexibility index (Phi) is 4.29. The van der Waals surface area contributed by atoms with E-state index >= 15 is 0 Å². The molecule has 2 atom stereocenters. The molecule has 2 aromatic rings. The van der Waals surface area contributed by atoms with Crippen LogP contribution >= 0.6 is 11.6 Å². The van der Waals surface area contributed by atoms with Crippen molar-refractivity contribution in [1.82, 2.24) is 0 Å². The number of benzene rings is 2. The minimum atomic E-state index is -0.255. The van der Waals surface area contributed by atoms with Crippen LogP contribution in [0.15, 0.2) is 54.6 Å². The van der Waals surface area contributed by atoms with E-state index in [9.17, 15) is 9.59 Å². The highest BCUT2D eigenvalue weighted by molar-refractivity contribution is 6.33. The third kappa shape index (κ3) is 2.90. The average molecular weight is 368 g/mol. The maximum atomic E-state index is 12.7. The van der Waals surface area contributed by atoms with Gasteiger partial charge in [0.15, 0.2) is 0 Å². The molecule has 4 nitrogen and oxygen atoms in total. The molecule has 26 heavy (non-hydrogen) atoms. The monoisotopic (exact) mass is 367 g/mol. The molecule has 2 amide bonds. The van der Waals surface area contributed by atoms with Crippen molar-refractivity contribution >= 4 is 29.1 Å². The second kappa shape index (κ2) is 6.61. The molecular weight excluding hydrogens is 350 g/mol. The first-order valence-corrected chi connectivity index (χ1v) is 8.99. The fourth-order valence-corrected chi connectivity index (χ4v) is 3.71. The van der Waals surface area contributed by atoms with Crippen molar-refractivity contribution in [2.45, 2.75) is 19.8 Å². The van der Waals surface area contributed by atoms with Gasteiger partial charge < -0.3 is 4.74 Å². The van der Waals surface area contributed by atoms with Crippen LogP contribution in [0.2, 0.25) is 5.02 Å². The number of aryl methyl sites for hydroxylation is 1. The summed E-state index contributed by atoms with van der Waals surface area (Å²) < 4.78 is 5.80. The standard InChI is InChI=1S/C21H18ClNO3/c1-13-6-9-15(10-7-13)26-19-11-8-14(12-18(19)22)23-20(24)16-4-2-3-5-17(16)21(23)25/h2-3,6-12,16-17H,4-5H2,1H3. The zero-order chi connectivity index (χ0) is 18.3. The Bertz CT molecular complexity index is 878. The number of anilines is 1. The number of hydrogen-bond acceptors (Lipinski definition) is 3. The van der Waals surface area contributed by atoms with Gasteiger partial charge in [0, 0.05) is 0 Å². The van der Waals surface area contributed by atoms with Gasteiger partial charge in [-0.25, -0.2) is 4.90 Å². The molecule has 0 spiro atoms. The fourth-order valence-electron chi connectivity index (χ4n) is 3.50. The van der Waals surface area contributed by atoms with Crippen LogP contribution in [-0.2, 0) is 9.59 Å². The van der Waals surface area contributed by atoms with Crippen LogP contribution < -0.4 is 9.64 Å². The lowest BCUT2D eigenvalue weighted by Gasteiger charge is -2.16. The van der Waals surface area contributed by atoms with Crippen molar-refractivity contribution in [2.24, 2.45) is 11.8 Å².